The Morgan fingerprint density at radius 1 is 1.29 bits per heavy atom. The van der Waals surface area contributed by atoms with Gasteiger partial charge in [-0.3, -0.25) is 14.5 Å². The topological polar surface area (TPSA) is 78.7 Å². The zero-order chi connectivity index (χ0) is 14.3. The van der Waals surface area contributed by atoms with Gasteiger partial charge < -0.3 is 16.0 Å². The van der Waals surface area contributed by atoms with Gasteiger partial charge in [-0.25, -0.2) is 0 Å². The van der Waals surface area contributed by atoms with Crippen LogP contribution in [0.4, 0.5) is 0 Å². The Hall–Kier alpha value is -0.820. The number of nitrogens with two attached hydrogens (primary N) is 1. The lowest BCUT2D eigenvalue weighted by Crippen LogP contribution is -2.54. The van der Waals surface area contributed by atoms with Gasteiger partial charge in [0.1, 0.15) is 0 Å². The maximum absolute atomic E-state index is 11.9. The van der Waals surface area contributed by atoms with Gasteiger partial charge >= 0.3 is 0 Å². The quantitative estimate of drug-likeness (QED) is 0.668. The molecule has 1 heterocycles. The number of hydrogen-bond acceptors (Lipinski definition) is 4. The third-order valence-corrected chi connectivity index (χ3v) is 3.25. The van der Waals surface area contributed by atoms with Crippen molar-refractivity contribution in [3.05, 3.63) is 12.7 Å². The molecule has 1 aliphatic rings. The summed E-state index contributed by atoms with van der Waals surface area (Å²) in [5, 5.41) is 2.74. The molecular formula is C13H26Cl2N4O2. The molecule has 124 valence electrons. The average Bonchev–Trinajstić information content (AvgIpc) is 2.44. The SMILES string of the molecule is C=CCNC(=O)CN1CCN(C(=O)[C@@H](N)CC)CC1.Cl.Cl. The molecule has 0 aliphatic carbocycles. The fourth-order valence-corrected chi connectivity index (χ4v) is 1.98. The van der Waals surface area contributed by atoms with Crippen LogP contribution in [0.3, 0.4) is 0 Å². The Labute approximate surface area is 138 Å². The summed E-state index contributed by atoms with van der Waals surface area (Å²) >= 11 is 0. The highest BCUT2D eigenvalue weighted by Gasteiger charge is 2.24. The summed E-state index contributed by atoms with van der Waals surface area (Å²) in [7, 11) is 0. The zero-order valence-corrected chi connectivity index (χ0v) is 14.0. The highest BCUT2D eigenvalue weighted by molar-refractivity contribution is 5.85. The maximum Gasteiger partial charge on any atom is 0.239 e. The third-order valence-electron chi connectivity index (χ3n) is 3.25. The van der Waals surface area contributed by atoms with Crippen LogP contribution in [0.1, 0.15) is 13.3 Å². The maximum atomic E-state index is 11.9. The van der Waals surface area contributed by atoms with Gasteiger partial charge in [0.2, 0.25) is 11.8 Å². The third kappa shape index (κ3) is 7.66. The van der Waals surface area contributed by atoms with E-state index in [0.29, 0.717) is 45.7 Å². The van der Waals surface area contributed by atoms with Crippen LogP contribution in [0.5, 0.6) is 0 Å². The highest BCUT2D eigenvalue weighted by atomic mass is 35.5. The summed E-state index contributed by atoms with van der Waals surface area (Å²) in [6, 6.07) is -0.401. The van der Waals surface area contributed by atoms with Gasteiger partial charge in [-0.05, 0) is 6.42 Å². The van der Waals surface area contributed by atoms with Gasteiger partial charge in [0.15, 0.2) is 0 Å². The van der Waals surface area contributed by atoms with Gasteiger partial charge in [0, 0.05) is 32.7 Å². The summed E-state index contributed by atoms with van der Waals surface area (Å²) in [4.78, 5) is 27.3. The minimum absolute atomic E-state index is 0. The van der Waals surface area contributed by atoms with Crippen molar-refractivity contribution in [3.8, 4) is 0 Å². The Kier molecular flexibility index (Phi) is 12.6. The number of piperazine rings is 1. The molecule has 0 spiro atoms. The molecule has 0 aromatic rings. The molecule has 0 aromatic heterocycles. The zero-order valence-electron chi connectivity index (χ0n) is 12.4. The largest absolute Gasteiger partial charge is 0.352 e. The van der Waals surface area contributed by atoms with Crippen molar-refractivity contribution in [1.82, 2.24) is 15.1 Å². The van der Waals surface area contributed by atoms with E-state index >= 15 is 0 Å². The van der Waals surface area contributed by atoms with Crippen LogP contribution in [0.25, 0.3) is 0 Å². The second-order valence-electron chi connectivity index (χ2n) is 4.71. The first-order valence-corrected chi connectivity index (χ1v) is 6.72. The van der Waals surface area contributed by atoms with E-state index in [0.717, 1.165) is 0 Å². The minimum Gasteiger partial charge on any atom is -0.352 e. The van der Waals surface area contributed by atoms with Crippen molar-refractivity contribution in [1.29, 1.82) is 0 Å². The van der Waals surface area contributed by atoms with Crippen molar-refractivity contribution >= 4 is 36.6 Å². The summed E-state index contributed by atoms with van der Waals surface area (Å²) in [6.07, 6.45) is 2.31. The second-order valence-corrected chi connectivity index (χ2v) is 4.71. The lowest BCUT2D eigenvalue weighted by molar-refractivity contribution is -0.134. The van der Waals surface area contributed by atoms with E-state index in [2.05, 4.69) is 11.9 Å². The molecule has 21 heavy (non-hydrogen) atoms. The predicted octanol–water partition coefficient (Wildman–Crippen LogP) is 0.0137. The van der Waals surface area contributed by atoms with Gasteiger partial charge in [-0.2, -0.15) is 0 Å². The van der Waals surface area contributed by atoms with E-state index < -0.39 is 6.04 Å². The van der Waals surface area contributed by atoms with Crippen molar-refractivity contribution in [3.63, 3.8) is 0 Å². The number of rotatable bonds is 6. The van der Waals surface area contributed by atoms with Crippen LogP contribution in [-0.2, 0) is 9.59 Å². The molecule has 1 aliphatic heterocycles. The number of carbonyl (C=O) groups is 2. The van der Waals surface area contributed by atoms with E-state index in [1.807, 2.05) is 11.8 Å². The molecule has 3 N–H and O–H groups in total. The van der Waals surface area contributed by atoms with Crippen molar-refractivity contribution in [2.24, 2.45) is 5.73 Å². The number of nitrogens with one attached hydrogen (secondary N) is 1. The van der Waals surface area contributed by atoms with Gasteiger partial charge in [0.05, 0.1) is 12.6 Å². The Balaban J connectivity index is 0. The number of amides is 2. The van der Waals surface area contributed by atoms with E-state index in [9.17, 15) is 9.59 Å². The molecule has 0 bridgehead atoms. The average molecular weight is 341 g/mol. The molecule has 0 unspecified atom stereocenters. The molecule has 0 saturated carbocycles. The second kappa shape index (κ2) is 11.8. The number of halogens is 2. The molecule has 2 amide bonds. The van der Waals surface area contributed by atoms with Crippen LogP contribution in [0.2, 0.25) is 0 Å². The molecule has 1 fully saturated rings. The lowest BCUT2D eigenvalue weighted by Gasteiger charge is -2.35. The Bertz CT molecular complexity index is 334. The van der Waals surface area contributed by atoms with Crippen LogP contribution < -0.4 is 11.1 Å². The van der Waals surface area contributed by atoms with Crippen LogP contribution in [0, 0.1) is 0 Å². The highest BCUT2D eigenvalue weighted by Crippen LogP contribution is 2.04. The Morgan fingerprint density at radius 3 is 2.33 bits per heavy atom. The first-order chi connectivity index (χ1) is 9.08. The van der Waals surface area contributed by atoms with Crippen LogP contribution in [-0.4, -0.2) is 66.9 Å². The molecule has 8 heteroatoms. The van der Waals surface area contributed by atoms with E-state index in [-0.39, 0.29) is 36.6 Å². The molecule has 1 saturated heterocycles. The lowest BCUT2D eigenvalue weighted by atomic mass is 10.2. The normalized spacial score (nSPS) is 16.2. The molecule has 1 rings (SSSR count). The summed E-state index contributed by atoms with van der Waals surface area (Å²) in [5.41, 5.74) is 5.74. The summed E-state index contributed by atoms with van der Waals surface area (Å²) < 4.78 is 0. The van der Waals surface area contributed by atoms with Crippen LogP contribution in [0.15, 0.2) is 12.7 Å². The van der Waals surface area contributed by atoms with Crippen molar-refractivity contribution in [2.45, 2.75) is 19.4 Å². The van der Waals surface area contributed by atoms with Gasteiger partial charge in [-0.15, -0.1) is 31.4 Å². The molecule has 6 nitrogen and oxygen atoms in total. The van der Waals surface area contributed by atoms with Crippen molar-refractivity contribution in [2.75, 3.05) is 39.3 Å². The molecule has 0 aromatic carbocycles. The van der Waals surface area contributed by atoms with E-state index in [4.69, 9.17) is 5.73 Å². The first kappa shape index (κ1) is 22.5. The summed E-state index contributed by atoms with van der Waals surface area (Å²) in [6.45, 7) is 9.02. The van der Waals surface area contributed by atoms with Crippen molar-refractivity contribution < 1.29 is 9.59 Å². The van der Waals surface area contributed by atoms with E-state index in [1.165, 1.54) is 0 Å². The fraction of sp³-hybridized carbons (Fsp3) is 0.692. The summed E-state index contributed by atoms with van der Waals surface area (Å²) in [5.74, 6) is 0.00296. The van der Waals surface area contributed by atoms with Gasteiger partial charge in [-0.1, -0.05) is 13.0 Å². The molecule has 1 atom stereocenters. The van der Waals surface area contributed by atoms with E-state index in [1.54, 1.807) is 11.0 Å². The predicted molar refractivity (Wildman–Crippen MR) is 89.0 cm³/mol. The fourth-order valence-electron chi connectivity index (χ4n) is 1.98. The minimum atomic E-state index is -0.401. The number of nitrogens with zero attached hydrogens (tertiary/aromatic N) is 2. The smallest absolute Gasteiger partial charge is 0.239 e. The van der Waals surface area contributed by atoms with Gasteiger partial charge in [0.25, 0.3) is 0 Å². The number of hydrogen-bond donors (Lipinski definition) is 2. The molecule has 0 radical (unpaired) electrons. The Morgan fingerprint density at radius 2 is 1.86 bits per heavy atom. The monoisotopic (exact) mass is 340 g/mol. The standard InChI is InChI=1S/C13H24N4O2.2ClH/c1-3-5-15-12(18)10-16-6-8-17(9-7-16)13(19)11(14)4-2;;/h3,11H,1,4-10,14H2,2H3,(H,15,18);2*1H/t11-;;/m0../s1. The molecular weight excluding hydrogens is 315 g/mol. The first-order valence-electron chi connectivity index (χ1n) is 6.72. The van der Waals surface area contributed by atoms with Crippen LogP contribution >= 0.6 is 24.8 Å². The number of carbonyl (C=O) groups excluding carboxylic acids is 2.